The molecule has 0 heterocycles. The third kappa shape index (κ3) is 3.03. The topological polar surface area (TPSA) is 95.4 Å². The summed E-state index contributed by atoms with van der Waals surface area (Å²) in [6.45, 7) is 0. The van der Waals surface area contributed by atoms with E-state index in [-0.39, 0.29) is 6.42 Å². The summed E-state index contributed by atoms with van der Waals surface area (Å²) < 4.78 is 4.24. The maximum Gasteiger partial charge on any atom is 0.323 e. The lowest BCUT2D eigenvalue weighted by atomic mass is 10.2. The summed E-state index contributed by atoms with van der Waals surface area (Å²) in [6, 6.07) is -0.928. The Hall–Kier alpha value is -1.10. The van der Waals surface area contributed by atoms with Crippen LogP contribution in [0.25, 0.3) is 0 Å². The largest absolute Gasteiger partial charge is 0.468 e. The predicted octanol–water partition coefficient (Wildman–Crippen LogP) is -1.64. The van der Waals surface area contributed by atoms with Crippen LogP contribution in [0.4, 0.5) is 0 Å². The van der Waals surface area contributed by atoms with Gasteiger partial charge in [-0.05, 0) is 0 Å². The highest BCUT2D eigenvalue weighted by Crippen LogP contribution is 1.88. The number of methoxy groups -OCH3 is 1. The molecule has 0 aliphatic heterocycles. The van der Waals surface area contributed by atoms with E-state index in [0.29, 0.717) is 0 Å². The molecule has 0 rings (SSSR count). The van der Waals surface area contributed by atoms with Gasteiger partial charge in [0.2, 0.25) is 5.91 Å². The standard InChI is InChI=1S/C5H10N2O3/c1-10-5(9)3(6)2-4(7)8/h3H,2,6H2,1H3,(H2,7,8)/t3-/m1/s1. The first-order valence-corrected chi connectivity index (χ1v) is 2.69. The van der Waals surface area contributed by atoms with E-state index >= 15 is 0 Å². The van der Waals surface area contributed by atoms with Crippen LogP contribution in [-0.4, -0.2) is 25.0 Å². The quantitative estimate of drug-likeness (QED) is 0.467. The minimum atomic E-state index is -0.928. The normalized spacial score (nSPS) is 12.2. The van der Waals surface area contributed by atoms with Gasteiger partial charge < -0.3 is 16.2 Å². The minimum Gasteiger partial charge on any atom is -0.468 e. The molecule has 0 radical (unpaired) electrons. The molecule has 4 N–H and O–H groups in total. The summed E-state index contributed by atoms with van der Waals surface area (Å²) in [5.41, 5.74) is 9.91. The number of nitrogens with two attached hydrogens (primary N) is 2. The molecule has 0 saturated carbocycles. The molecule has 0 saturated heterocycles. The van der Waals surface area contributed by atoms with E-state index in [1.807, 2.05) is 0 Å². The first-order valence-electron chi connectivity index (χ1n) is 2.69. The number of carbonyl (C=O) groups excluding carboxylic acids is 2. The van der Waals surface area contributed by atoms with E-state index in [1.165, 1.54) is 7.11 Å². The van der Waals surface area contributed by atoms with Crippen LogP contribution in [0.15, 0.2) is 0 Å². The summed E-state index contributed by atoms with van der Waals surface area (Å²) in [7, 11) is 1.20. The highest BCUT2D eigenvalue weighted by molar-refractivity contribution is 5.83. The lowest BCUT2D eigenvalue weighted by Crippen LogP contribution is -2.35. The molecule has 0 bridgehead atoms. The molecular formula is C5H10N2O3. The molecule has 0 aromatic rings. The zero-order chi connectivity index (χ0) is 8.15. The molecule has 1 atom stereocenters. The smallest absolute Gasteiger partial charge is 0.323 e. The van der Waals surface area contributed by atoms with Gasteiger partial charge in [-0.15, -0.1) is 0 Å². The Morgan fingerprint density at radius 3 is 2.40 bits per heavy atom. The molecule has 5 heteroatoms. The van der Waals surface area contributed by atoms with E-state index in [4.69, 9.17) is 11.5 Å². The van der Waals surface area contributed by atoms with Crippen molar-refractivity contribution in [3.05, 3.63) is 0 Å². The van der Waals surface area contributed by atoms with Crippen molar-refractivity contribution in [2.75, 3.05) is 7.11 Å². The van der Waals surface area contributed by atoms with Gasteiger partial charge >= 0.3 is 5.97 Å². The van der Waals surface area contributed by atoms with E-state index < -0.39 is 17.9 Å². The van der Waals surface area contributed by atoms with Crippen molar-refractivity contribution in [2.45, 2.75) is 12.5 Å². The van der Waals surface area contributed by atoms with Gasteiger partial charge in [-0.3, -0.25) is 9.59 Å². The summed E-state index contributed by atoms with van der Waals surface area (Å²) in [5, 5.41) is 0. The Kier molecular flexibility index (Phi) is 3.42. The minimum absolute atomic E-state index is 0.174. The van der Waals surface area contributed by atoms with Gasteiger partial charge in [-0.2, -0.15) is 0 Å². The molecule has 58 valence electrons. The van der Waals surface area contributed by atoms with Gasteiger partial charge in [0, 0.05) is 0 Å². The van der Waals surface area contributed by atoms with Gasteiger partial charge in [0.05, 0.1) is 13.5 Å². The van der Waals surface area contributed by atoms with Crippen LogP contribution in [0.3, 0.4) is 0 Å². The molecular weight excluding hydrogens is 136 g/mol. The van der Waals surface area contributed by atoms with Crippen molar-refractivity contribution in [2.24, 2.45) is 11.5 Å². The molecule has 0 aliphatic rings. The monoisotopic (exact) mass is 146 g/mol. The van der Waals surface area contributed by atoms with E-state index in [2.05, 4.69) is 4.74 Å². The SMILES string of the molecule is COC(=O)[C@H](N)CC(N)=O. The van der Waals surface area contributed by atoms with Crippen LogP contribution >= 0.6 is 0 Å². The number of esters is 1. The van der Waals surface area contributed by atoms with Crippen LogP contribution in [-0.2, 0) is 14.3 Å². The van der Waals surface area contributed by atoms with Crippen molar-refractivity contribution in [1.82, 2.24) is 0 Å². The second-order valence-electron chi connectivity index (χ2n) is 1.80. The molecule has 5 nitrogen and oxygen atoms in total. The predicted molar refractivity (Wildman–Crippen MR) is 33.8 cm³/mol. The van der Waals surface area contributed by atoms with E-state index in [0.717, 1.165) is 0 Å². The van der Waals surface area contributed by atoms with Crippen LogP contribution in [0.2, 0.25) is 0 Å². The summed E-state index contributed by atoms with van der Waals surface area (Å²) in [6.07, 6.45) is -0.174. The highest BCUT2D eigenvalue weighted by Gasteiger charge is 2.15. The fourth-order valence-electron chi connectivity index (χ4n) is 0.451. The summed E-state index contributed by atoms with van der Waals surface area (Å²) in [5.74, 6) is -1.24. The van der Waals surface area contributed by atoms with Crippen LogP contribution in [0, 0.1) is 0 Å². The molecule has 0 spiro atoms. The third-order valence-electron chi connectivity index (χ3n) is 0.925. The number of rotatable bonds is 3. The maximum absolute atomic E-state index is 10.5. The van der Waals surface area contributed by atoms with Gasteiger partial charge in [0.15, 0.2) is 0 Å². The fourth-order valence-corrected chi connectivity index (χ4v) is 0.451. The Morgan fingerprint density at radius 1 is 1.60 bits per heavy atom. The highest BCUT2D eigenvalue weighted by atomic mass is 16.5. The summed E-state index contributed by atoms with van der Waals surface area (Å²) >= 11 is 0. The molecule has 0 unspecified atom stereocenters. The van der Waals surface area contributed by atoms with Gasteiger partial charge in [-0.1, -0.05) is 0 Å². The first kappa shape index (κ1) is 8.90. The number of carbonyl (C=O) groups is 2. The van der Waals surface area contributed by atoms with Gasteiger partial charge in [0.25, 0.3) is 0 Å². The van der Waals surface area contributed by atoms with Crippen molar-refractivity contribution >= 4 is 11.9 Å². The average Bonchev–Trinajstić information content (AvgIpc) is 1.85. The van der Waals surface area contributed by atoms with Gasteiger partial charge in [0.1, 0.15) is 6.04 Å². The molecule has 0 aliphatic carbocycles. The number of primary amides is 1. The lowest BCUT2D eigenvalue weighted by Gasteiger charge is -2.04. The molecule has 0 fully saturated rings. The van der Waals surface area contributed by atoms with Gasteiger partial charge in [-0.25, -0.2) is 0 Å². The Bertz CT molecular complexity index is 146. The fraction of sp³-hybridized carbons (Fsp3) is 0.600. The van der Waals surface area contributed by atoms with Crippen molar-refractivity contribution in [1.29, 1.82) is 0 Å². The Labute approximate surface area is 58.3 Å². The van der Waals surface area contributed by atoms with Crippen molar-refractivity contribution in [3.8, 4) is 0 Å². The number of ether oxygens (including phenoxy) is 1. The first-order chi connectivity index (χ1) is 4.57. The number of amides is 1. The second-order valence-corrected chi connectivity index (χ2v) is 1.80. The molecule has 1 amide bonds. The molecule has 0 aromatic heterocycles. The van der Waals surface area contributed by atoms with E-state index in [1.54, 1.807) is 0 Å². The molecule has 0 aromatic carbocycles. The van der Waals surface area contributed by atoms with Crippen LogP contribution in [0.5, 0.6) is 0 Å². The Balaban J connectivity index is 3.72. The van der Waals surface area contributed by atoms with E-state index in [9.17, 15) is 9.59 Å². The average molecular weight is 146 g/mol. The number of hydrogen-bond acceptors (Lipinski definition) is 4. The second kappa shape index (κ2) is 3.84. The van der Waals surface area contributed by atoms with Crippen molar-refractivity contribution in [3.63, 3.8) is 0 Å². The number of hydrogen-bond donors (Lipinski definition) is 2. The Morgan fingerprint density at radius 2 is 2.10 bits per heavy atom. The molecule has 10 heavy (non-hydrogen) atoms. The third-order valence-corrected chi connectivity index (χ3v) is 0.925. The zero-order valence-corrected chi connectivity index (χ0v) is 5.66. The summed E-state index contributed by atoms with van der Waals surface area (Å²) in [4.78, 5) is 20.7. The zero-order valence-electron chi connectivity index (χ0n) is 5.66. The maximum atomic E-state index is 10.5. The van der Waals surface area contributed by atoms with Crippen LogP contribution < -0.4 is 11.5 Å². The van der Waals surface area contributed by atoms with Crippen molar-refractivity contribution < 1.29 is 14.3 Å². The lowest BCUT2D eigenvalue weighted by molar-refractivity contribution is -0.143. The van der Waals surface area contributed by atoms with Crippen LogP contribution in [0.1, 0.15) is 6.42 Å².